The van der Waals surface area contributed by atoms with E-state index in [0.29, 0.717) is 30.2 Å². The summed E-state index contributed by atoms with van der Waals surface area (Å²) in [5.74, 6) is 0.440. The number of esters is 1. The van der Waals surface area contributed by atoms with Crippen molar-refractivity contribution < 1.29 is 23.8 Å². The van der Waals surface area contributed by atoms with E-state index in [-0.39, 0.29) is 5.91 Å². The van der Waals surface area contributed by atoms with Gasteiger partial charge in [-0.2, -0.15) is 0 Å². The number of carbonyl (C=O) groups excluding carboxylic acids is 2. The SMILES string of the molecule is CCOC(=O)c1cccc(O[C@H](C)C(=O)Nc2ccc(OCC)cc2)c1. The average molecular weight is 357 g/mol. The zero-order valence-electron chi connectivity index (χ0n) is 15.2. The molecule has 26 heavy (non-hydrogen) atoms. The Hall–Kier alpha value is -3.02. The Morgan fingerprint density at radius 2 is 1.73 bits per heavy atom. The summed E-state index contributed by atoms with van der Waals surface area (Å²) in [6.45, 7) is 6.17. The molecule has 0 aliphatic heterocycles. The van der Waals surface area contributed by atoms with Crippen LogP contribution in [0.1, 0.15) is 31.1 Å². The first-order chi connectivity index (χ1) is 12.5. The van der Waals surface area contributed by atoms with Crippen molar-refractivity contribution in [1.82, 2.24) is 0 Å². The maximum Gasteiger partial charge on any atom is 0.338 e. The third-order valence-electron chi connectivity index (χ3n) is 3.46. The number of hydrogen-bond acceptors (Lipinski definition) is 5. The molecule has 0 heterocycles. The quantitative estimate of drug-likeness (QED) is 0.730. The predicted octanol–water partition coefficient (Wildman–Crippen LogP) is 3.67. The molecule has 0 aliphatic carbocycles. The summed E-state index contributed by atoms with van der Waals surface area (Å²) in [6, 6.07) is 13.6. The van der Waals surface area contributed by atoms with Crippen LogP contribution in [0.4, 0.5) is 5.69 Å². The van der Waals surface area contributed by atoms with Crippen LogP contribution in [-0.4, -0.2) is 31.2 Å². The smallest absolute Gasteiger partial charge is 0.338 e. The fourth-order valence-corrected chi connectivity index (χ4v) is 2.21. The van der Waals surface area contributed by atoms with Gasteiger partial charge in [0.15, 0.2) is 6.10 Å². The second-order valence-corrected chi connectivity index (χ2v) is 5.46. The van der Waals surface area contributed by atoms with Gasteiger partial charge in [0.2, 0.25) is 0 Å². The molecule has 0 aliphatic rings. The van der Waals surface area contributed by atoms with E-state index in [9.17, 15) is 9.59 Å². The first-order valence-corrected chi connectivity index (χ1v) is 8.51. The molecule has 0 radical (unpaired) electrons. The van der Waals surface area contributed by atoms with Crippen LogP contribution in [0.5, 0.6) is 11.5 Å². The molecule has 138 valence electrons. The molecule has 0 saturated carbocycles. The number of ether oxygens (including phenoxy) is 3. The van der Waals surface area contributed by atoms with Crippen LogP contribution < -0.4 is 14.8 Å². The standard InChI is InChI=1S/C20H23NO5/c1-4-24-17-11-9-16(10-12-17)21-19(22)14(3)26-18-8-6-7-15(13-18)20(23)25-5-2/h6-14H,4-5H2,1-3H3,(H,21,22)/t14-/m1/s1. The van der Waals surface area contributed by atoms with Gasteiger partial charge in [-0.1, -0.05) is 6.07 Å². The topological polar surface area (TPSA) is 73.9 Å². The van der Waals surface area contributed by atoms with Crippen LogP contribution in [0.3, 0.4) is 0 Å². The Labute approximate surface area is 153 Å². The largest absolute Gasteiger partial charge is 0.494 e. The summed E-state index contributed by atoms with van der Waals surface area (Å²) in [4.78, 5) is 24.1. The maximum atomic E-state index is 12.3. The minimum Gasteiger partial charge on any atom is -0.494 e. The van der Waals surface area contributed by atoms with E-state index in [0.717, 1.165) is 5.75 Å². The van der Waals surface area contributed by atoms with Gasteiger partial charge >= 0.3 is 5.97 Å². The lowest BCUT2D eigenvalue weighted by atomic mass is 10.2. The fraction of sp³-hybridized carbons (Fsp3) is 0.300. The van der Waals surface area contributed by atoms with Gasteiger partial charge in [-0.3, -0.25) is 4.79 Å². The van der Waals surface area contributed by atoms with E-state index >= 15 is 0 Å². The van der Waals surface area contributed by atoms with E-state index in [4.69, 9.17) is 14.2 Å². The van der Waals surface area contributed by atoms with Crippen molar-refractivity contribution in [2.75, 3.05) is 18.5 Å². The lowest BCUT2D eigenvalue weighted by molar-refractivity contribution is -0.122. The molecule has 2 rings (SSSR count). The third-order valence-corrected chi connectivity index (χ3v) is 3.46. The van der Waals surface area contributed by atoms with Crippen LogP contribution in [0.25, 0.3) is 0 Å². The van der Waals surface area contributed by atoms with Crippen molar-refractivity contribution in [3.05, 3.63) is 54.1 Å². The highest BCUT2D eigenvalue weighted by Crippen LogP contribution is 2.18. The Kier molecular flexibility index (Phi) is 7.02. The van der Waals surface area contributed by atoms with E-state index in [1.807, 2.05) is 6.92 Å². The summed E-state index contributed by atoms with van der Waals surface area (Å²) < 4.78 is 16.0. The Morgan fingerprint density at radius 1 is 1.00 bits per heavy atom. The molecule has 0 fully saturated rings. The molecule has 2 aromatic rings. The zero-order chi connectivity index (χ0) is 18.9. The van der Waals surface area contributed by atoms with Crippen LogP contribution in [0, 0.1) is 0 Å². The van der Waals surface area contributed by atoms with Crippen molar-refractivity contribution in [3.63, 3.8) is 0 Å². The summed E-state index contributed by atoms with van der Waals surface area (Å²) in [6.07, 6.45) is -0.737. The molecule has 0 spiro atoms. The number of rotatable bonds is 8. The molecular weight excluding hydrogens is 334 g/mol. The monoisotopic (exact) mass is 357 g/mol. The highest BCUT2D eigenvalue weighted by atomic mass is 16.5. The Bertz CT molecular complexity index is 742. The van der Waals surface area contributed by atoms with Crippen molar-refractivity contribution in [1.29, 1.82) is 0 Å². The number of anilines is 1. The van der Waals surface area contributed by atoms with Crippen molar-refractivity contribution in [3.8, 4) is 11.5 Å². The van der Waals surface area contributed by atoms with Crippen molar-refractivity contribution in [2.24, 2.45) is 0 Å². The summed E-state index contributed by atoms with van der Waals surface area (Å²) in [5.41, 5.74) is 1.03. The molecule has 1 atom stereocenters. The number of carbonyl (C=O) groups is 2. The average Bonchev–Trinajstić information content (AvgIpc) is 2.64. The maximum absolute atomic E-state index is 12.3. The van der Waals surface area contributed by atoms with Crippen LogP contribution in [-0.2, 0) is 9.53 Å². The van der Waals surface area contributed by atoms with E-state index in [1.54, 1.807) is 62.4 Å². The van der Waals surface area contributed by atoms with E-state index in [1.165, 1.54) is 0 Å². The van der Waals surface area contributed by atoms with Gasteiger partial charge in [-0.05, 0) is 63.2 Å². The first-order valence-electron chi connectivity index (χ1n) is 8.51. The third kappa shape index (κ3) is 5.51. The highest BCUT2D eigenvalue weighted by Gasteiger charge is 2.16. The molecule has 1 amide bonds. The number of amides is 1. The second-order valence-electron chi connectivity index (χ2n) is 5.46. The summed E-state index contributed by atoms with van der Waals surface area (Å²) in [7, 11) is 0. The molecular formula is C20H23NO5. The van der Waals surface area contributed by atoms with E-state index in [2.05, 4.69) is 5.32 Å². The van der Waals surface area contributed by atoms with Gasteiger partial charge in [0.1, 0.15) is 11.5 Å². The predicted molar refractivity (Wildman–Crippen MR) is 98.7 cm³/mol. The summed E-state index contributed by atoms with van der Waals surface area (Å²) in [5, 5.41) is 2.78. The molecule has 2 aromatic carbocycles. The number of nitrogens with one attached hydrogen (secondary N) is 1. The second kappa shape index (κ2) is 9.46. The summed E-state index contributed by atoms with van der Waals surface area (Å²) >= 11 is 0. The molecule has 1 N–H and O–H groups in total. The van der Waals surface area contributed by atoms with Gasteiger partial charge < -0.3 is 19.5 Å². The van der Waals surface area contributed by atoms with Crippen LogP contribution in [0.2, 0.25) is 0 Å². The normalized spacial score (nSPS) is 11.3. The lowest BCUT2D eigenvalue weighted by Gasteiger charge is -2.15. The van der Waals surface area contributed by atoms with Crippen molar-refractivity contribution in [2.45, 2.75) is 26.9 Å². The molecule has 0 bridgehead atoms. The molecule has 0 saturated heterocycles. The molecule has 0 aromatic heterocycles. The van der Waals surface area contributed by atoms with Gasteiger partial charge in [-0.25, -0.2) is 4.79 Å². The molecule has 0 unspecified atom stereocenters. The number of benzene rings is 2. The molecule has 6 heteroatoms. The van der Waals surface area contributed by atoms with Gasteiger partial charge in [-0.15, -0.1) is 0 Å². The number of hydrogen-bond donors (Lipinski definition) is 1. The van der Waals surface area contributed by atoms with E-state index < -0.39 is 12.1 Å². The Balaban J connectivity index is 1.96. The van der Waals surface area contributed by atoms with Crippen molar-refractivity contribution >= 4 is 17.6 Å². The van der Waals surface area contributed by atoms with Crippen LogP contribution in [0.15, 0.2) is 48.5 Å². The van der Waals surface area contributed by atoms with Crippen LogP contribution >= 0.6 is 0 Å². The Morgan fingerprint density at radius 3 is 2.38 bits per heavy atom. The van der Waals surface area contributed by atoms with Gasteiger partial charge in [0.05, 0.1) is 18.8 Å². The molecule has 6 nitrogen and oxygen atoms in total. The fourth-order valence-electron chi connectivity index (χ4n) is 2.21. The van der Waals surface area contributed by atoms with Gasteiger partial charge in [0, 0.05) is 5.69 Å². The first kappa shape index (κ1) is 19.3. The minimum absolute atomic E-state index is 0.296. The lowest BCUT2D eigenvalue weighted by Crippen LogP contribution is -2.30. The highest BCUT2D eigenvalue weighted by molar-refractivity contribution is 5.94. The minimum atomic E-state index is -0.737. The zero-order valence-corrected chi connectivity index (χ0v) is 15.2. The van der Waals surface area contributed by atoms with Gasteiger partial charge in [0.25, 0.3) is 5.91 Å².